The van der Waals surface area contributed by atoms with Crippen molar-refractivity contribution in [2.75, 3.05) is 0 Å². The molecule has 1 heterocycles. The van der Waals surface area contributed by atoms with E-state index < -0.39 is 0 Å². The molecular weight excluding hydrogens is 275 g/mol. The Bertz CT molecular complexity index is 230. The molecule has 4 unspecified atom stereocenters. The lowest BCUT2D eigenvalue weighted by atomic mass is 9.84. The maximum atomic E-state index is 6.19. The van der Waals surface area contributed by atoms with Gasteiger partial charge >= 0.3 is 0 Å². The largest absolute Gasteiger partial charge is 0.370 e. The van der Waals surface area contributed by atoms with Gasteiger partial charge in [0.25, 0.3) is 0 Å². The van der Waals surface area contributed by atoms with Gasteiger partial charge in [-0.25, -0.2) is 0 Å². The Morgan fingerprint density at radius 2 is 2.33 bits per heavy atom. The van der Waals surface area contributed by atoms with Gasteiger partial charge in [0.1, 0.15) is 0 Å². The van der Waals surface area contributed by atoms with Gasteiger partial charge in [-0.1, -0.05) is 40.5 Å². The predicted molar refractivity (Wildman–Crippen MR) is 69.7 cm³/mol. The minimum Gasteiger partial charge on any atom is -0.370 e. The third-order valence-corrected chi connectivity index (χ3v) is 4.60. The number of hydrogen-bond acceptors (Lipinski definition) is 1. The summed E-state index contributed by atoms with van der Waals surface area (Å²) in [6.07, 6.45) is 5.56. The van der Waals surface area contributed by atoms with Crippen LogP contribution in [-0.2, 0) is 4.74 Å². The molecule has 0 N–H and O–H groups in total. The summed E-state index contributed by atoms with van der Waals surface area (Å²) in [4.78, 5) is 0.389. The lowest BCUT2D eigenvalue weighted by Gasteiger charge is -2.43. The average Bonchev–Trinajstić information content (AvgIpc) is 2.19. The summed E-state index contributed by atoms with van der Waals surface area (Å²) >= 11 is 9.20. The van der Waals surface area contributed by atoms with Crippen molar-refractivity contribution in [1.29, 1.82) is 0 Å². The van der Waals surface area contributed by atoms with Crippen LogP contribution in [0, 0.1) is 5.92 Å². The van der Waals surface area contributed by atoms with E-state index in [0.717, 1.165) is 12.8 Å². The van der Waals surface area contributed by atoms with E-state index in [9.17, 15) is 0 Å². The Balaban J connectivity index is 2.63. The van der Waals surface area contributed by atoms with E-state index in [0.29, 0.717) is 16.8 Å². The lowest BCUT2D eigenvalue weighted by molar-refractivity contribution is -0.136. The molecule has 15 heavy (non-hydrogen) atoms. The van der Waals surface area contributed by atoms with Crippen LogP contribution in [0.25, 0.3) is 0 Å². The molecule has 1 saturated heterocycles. The maximum Gasteiger partial charge on any atom is 0.0780 e. The van der Waals surface area contributed by atoms with E-state index in [1.54, 1.807) is 5.54 Å². The van der Waals surface area contributed by atoms with Gasteiger partial charge in [0.15, 0.2) is 0 Å². The van der Waals surface area contributed by atoms with Crippen molar-refractivity contribution in [1.82, 2.24) is 0 Å². The van der Waals surface area contributed by atoms with Crippen LogP contribution < -0.4 is 0 Å². The molecule has 0 aliphatic carbocycles. The van der Waals surface area contributed by atoms with Gasteiger partial charge in [-0.15, -0.1) is 0 Å². The molecule has 1 aliphatic rings. The van der Waals surface area contributed by atoms with Gasteiger partial charge in [-0.3, -0.25) is 0 Å². The van der Waals surface area contributed by atoms with Crippen LogP contribution in [0.4, 0.5) is 0 Å². The molecule has 0 amide bonds. The fourth-order valence-corrected chi connectivity index (χ4v) is 2.42. The van der Waals surface area contributed by atoms with Crippen molar-refractivity contribution in [3.63, 3.8) is 0 Å². The minimum atomic E-state index is -0.0304. The highest BCUT2D eigenvalue weighted by molar-refractivity contribution is 9.09. The molecule has 1 fully saturated rings. The molecule has 1 nitrogen and oxygen atoms in total. The highest BCUT2D eigenvalue weighted by atomic mass is 79.9. The van der Waals surface area contributed by atoms with E-state index in [1.807, 2.05) is 6.08 Å². The number of hydrogen-bond donors (Lipinski definition) is 0. The van der Waals surface area contributed by atoms with Crippen molar-refractivity contribution in [3.05, 3.63) is 11.6 Å². The summed E-state index contributed by atoms with van der Waals surface area (Å²) < 4.78 is 6.19. The van der Waals surface area contributed by atoms with Crippen molar-refractivity contribution in [2.24, 2.45) is 5.92 Å². The lowest BCUT2D eigenvalue weighted by Crippen LogP contribution is -2.46. The zero-order valence-corrected chi connectivity index (χ0v) is 12.0. The molecule has 0 aromatic heterocycles. The number of rotatable bonds is 3. The van der Waals surface area contributed by atoms with Crippen LogP contribution in [-0.4, -0.2) is 16.5 Å². The molecule has 0 aromatic carbocycles. The third kappa shape index (κ3) is 3.47. The molecule has 1 rings (SSSR count). The Labute approximate surface area is 106 Å². The standard InChI is InChI=1S/C12H20BrClO/c1-9-6-7-12(3,10(2)13)15-11(9)5-4-8-14/h4,8-11H,5-7H2,1-3H3. The second-order valence-corrected chi connectivity index (χ2v) is 6.32. The third-order valence-electron chi connectivity index (χ3n) is 3.45. The number of ether oxygens (including phenoxy) is 1. The summed E-state index contributed by atoms with van der Waals surface area (Å²) in [5.41, 5.74) is 1.55. The predicted octanol–water partition coefficient (Wildman–Crippen LogP) is 4.49. The van der Waals surface area contributed by atoms with Crippen molar-refractivity contribution >= 4 is 27.5 Å². The molecule has 0 bridgehead atoms. The van der Waals surface area contributed by atoms with E-state index in [2.05, 4.69) is 36.7 Å². The molecule has 3 heteroatoms. The fraction of sp³-hybridized carbons (Fsp3) is 0.833. The van der Waals surface area contributed by atoms with E-state index in [4.69, 9.17) is 16.3 Å². The second kappa shape index (κ2) is 5.70. The maximum absolute atomic E-state index is 6.19. The first-order valence-corrected chi connectivity index (χ1v) is 6.92. The number of alkyl halides is 1. The Morgan fingerprint density at radius 1 is 1.67 bits per heavy atom. The topological polar surface area (TPSA) is 9.23 Å². The summed E-state index contributed by atoms with van der Waals surface area (Å²) in [5, 5.41) is 0. The molecule has 0 spiro atoms. The Kier molecular flexibility index (Phi) is 5.14. The first kappa shape index (κ1) is 13.5. The average molecular weight is 296 g/mol. The van der Waals surface area contributed by atoms with E-state index in [1.165, 1.54) is 6.42 Å². The zero-order valence-electron chi connectivity index (χ0n) is 9.67. The SMILES string of the molecule is CC1CCC(C)(C(C)Br)OC1CC=CCl. The molecule has 0 aromatic rings. The van der Waals surface area contributed by atoms with Gasteiger partial charge in [0.2, 0.25) is 0 Å². The molecule has 0 radical (unpaired) electrons. The van der Waals surface area contributed by atoms with E-state index in [-0.39, 0.29) is 5.60 Å². The fourth-order valence-electron chi connectivity index (χ4n) is 1.98. The molecule has 1 aliphatic heterocycles. The highest BCUT2D eigenvalue weighted by Gasteiger charge is 2.39. The molecule has 88 valence electrons. The van der Waals surface area contributed by atoms with Crippen LogP contribution in [0.3, 0.4) is 0 Å². The Morgan fingerprint density at radius 3 is 2.87 bits per heavy atom. The minimum absolute atomic E-state index is 0.0304. The van der Waals surface area contributed by atoms with Crippen LogP contribution >= 0.6 is 27.5 Å². The second-order valence-electron chi connectivity index (χ2n) is 4.70. The highest BCUT2D eigenvalue weighted by Crippen LogP contribution is 2.38. The van der Waals surface area contributed by atoms with Gasteiger partial charge in [-0.2, -0.15) is 0 Å². The molecular formula is C12H20BrClO. The normalized spacial score (nSPS) is 39.5. The van der Waals surface area contributed by atoms with Gasteiger partial charge < -0.3 is 4.74 Å². The van der Waals surface area contributed by atoms with Crippen molar-refractivity contribution < 1.29 is 4.74 Å². The monoisotopic (exact) mass is 294 g/mol. The van der Waals surface area contributed by atoms with Crippen LogP contribution in [0.1, 0.15) is 40.0 Å². The van der Waals surface area contributed by atoms with Crippen LogP contribution in [0.5, 0.6) is 0 Å². The number of halogens is 2. The van der Waals surface area contributed by atoms with Crippen LogP contribution in [0.15, 0.2) is 11.6 Å². The smallest absolute Gasteiger partial charge is 0.0780 e. The summed E-state index contributed by atoms with van der Waals surface area (Å²) in [6, 6.07) is 0. The summed E-state index contributed by atoms with van der Waals surface area (Å²) in [7, 11) is 0. The van der Waals surface area contributed by atoms with Gasteiger partial charge in [-0.05, 0) is 39.0 Å². The molecule has 0 saturated carbocycles. The summed E-state index contributed by atoms with van der Waals surface area (Å²) in [5.74, 6) is 0.622. The quantitative estimate of drug-likeness (QED) is 0.697. The van der Waals surface area contributed by atoms with Crippen molar-refractivity contribution in [3.8, 4) is 0 Å². The van der Waals surface area contributed by atoms with Gasteiger partial charge in [0, 0.05) is 10.4 Å². The first-order valence-electron chi connectivity index (χ1n) is 5.56. The Hall–Kier alpha value is 0.470. The summed E-state index contributed by atoms with van der Waals surface area (Å²) in [6.45, 7) is 6.60. The van der Waals surface area contributed by atoms with Gasteiger partial charge in [0.05, 0.1) is 11.7 Å². The first-order chi connectivity index (χ1) is 6.99. The molecule has 4 atom stereocenters. The van der Waals surface area contributed by atoms with Crippen molar-refractivity contribution in [2.45, 2.75) is 56.6 Å². The van der Waals surface area contributed by atoms with Crippen LogP contribution in [0.2, 0.25) is 0 Å². The van der Waals surface area contributed by atoms with E-state index >= 15 is 0 Å². The zero-order chi connectivity index (χ0) is 11.5.